The van der Waals surface area contributed by atoms with Crippen LogP contribution in [0.5, 0.6) is 0 Å². The van der Waals surface area contributed by atoms with Crippen LogP contribution in [0.4, 0.5) is 0 Å². The second-order valence-corrected chi connectivity index (χ2v) is 5.92. The smallest absolute Gasteiger partial charge is 0.178 e. The lowest BCUT2D eigenvalue weighted by atomic mass is 10.6. The molecule has 16 heavy (non-hydrogen) atoms. The van der Waals surface area contributed by atoms with Gasteiger partial charge in [-0.15, -0.1) is 0 Å². The largest absolute Gasteiger partial charge is 0.229 e. The van der Waals surface area contributed by atoms with Gasteiger partial charge in [-0.25, -0.2) is 23.1 Å². The third-order valence-corrected chi connectivity index (χ3v) is 3.34. The van der Waals surface area contributed by atoms with Crippen molar-refractivity contribution in [3.05, 3.63) is 29.4 Å². The first-order chi connectivity index (χ1) is 7.47. The Bertz CT molecular complexity index is 622. The molecule has 0 aliphatic rings. The average molecular weight is 303 g/mol. The summed E-state index contributed by atoms with van der Waals surface area (Å²) in [4.78, 5) is 7.99. The normalized spacial score (nSPS) is 11.6. The molecule has 2 aromatic heterocycles. The molecule has 0 saturated carbocycles. The van der Waals surface area contributed by atoms with Crippen molar-refractivity contribution in [3.63, 3.8) is 0 Å². The van der Waals surface area contributed by atoms with E-state index >= 15 is 0 Å². The minimum absolute atomic E-state index is 0.155. The van der Waals surface area contributed by atoms with E-state index in [0.29, 0.717) is 10.4 Å². The first kappa shape index (κ1) is 11.2. The summed E-state index contributed by atoms with van der Waals surface area (Å²) in [5.41, 5.74) is 0. The van der Waals surface area contributed by atoms with Crippen LogP contribution >= 0.6 is 15.9 Å². The number of hydrogen-bond acceptors (Lipinski definition) is 5. The van der Waals surface area contributed by atoms with Crippen LogP contribution in [0.15, 0.2) is 34.3 Å². The molecule has 0 N–H and O–H groups in total. The van der Waals surface area contributed by atoms with E-state index in [-0.39, 0.29) is 4.90 Å². The van der Waals surface area contributed by atoms with E-state index in [1.54, 1.807) is 6.07 Å². The number of rotatable bonds is 2. The molecule has 2 rings (SSSR count). The molecule has 0 radical (unpaired) electrons. The predicted molar refractivity (Wildman–Crippen MR) is 60.0 cm³/mol. The second-order valence-electron chi connectivity index (χ2n) is 3.09. The monoisotopic (exact) mass is 302 g/mol. The number of sulfone groups is 1. The Morgan fingerprint density at radius 3 is 2.69 bits per heavy atom. The van der Waals surface area contributed by atoms with E-state index in [9.17, 15) is 8.42 Å². The first-order valence-corrected chi connectivity index (χ1v) is 6.88. The Morgan fingerprint density at radius 1 is 1.38 bits per heavy atom. The van der Waals surface area contributed by atoms with Crippen LogP contribution in [0.2, 0.25) is 0 Å². The van der Waals surface area contributed by atoms with Gasteiger partial charge in [-0.3, -0.25) is 0 Å². The van der Waals surface area contributed by atoms with Crippen LogP contribution in [-0.4, -0.2) is 34.4 Å². The fourth-order valence-electron chi connectivity index (χ4n) is 1.07. The molecule has 6 nitrogen and oxygen atoms in total. The highest BCUT2D eigenvalue weighted by molar-refractivity contribution is 9.10. The highest BCUT2D eigenvalue weighted by Crippen LogP contribution is 2.12. The van der Waals surface area contributed by atoms with Crippen molar-refractivity contribution < 1.29 is 8.42 Å². The quantitative estimate of drug-likeness (QED) is 0.768. The van der Waals surface area contributed by atoms with Gasteiger partial charge in [0.25, 0.3) is 0 Å². The fraction of sp³-hybridized carbons (Fsp3) is 0.125. The number of halogens is 1. The Balaban J connectivity index is 2.47. The summed E-state index contributed by atoms with van der Waals surface area (Å²) in [5, 5.41) is 3.92. The van der Waals surface area contributed by atoms with E-state index in [4.69, 9.17) is 0 Å². The summed E-state index contributed by atoms with van der Waals surface area (Å²) in [6, 6.07) is 1.64. The topological polar surface area (TPSA) is 77.7 Å². The van der Waals surface area contributed by atoms with Gasteiger partial charge in [-0.1, -0.05) is 0 Å². The number of hydrogen-bond donors (Lipinski definition) is 0. The summed E-state index contributed by atoms with van der Waals surface area (Å²) < 4.78 is 24.5. The SMILES string of the molecule is CS(=O)(=O)c1cnn(-c2cc(Br)ncn2)c1. The lowest BCUT2D eigenvalue weighted by Crippen LogP contribution is -1.99. The van der Waals surface area contributed by atoms with Gasteiger partial charge >= 0.3 is 0 Å². The maximum atomic E-state index is 11.2. The van der Waals surface area contributed by atoms with Crippen molar-refractivity contribution >= 4 is 25.8 Å². The summed E-state index contributed by atoms with van der Waals surface area (Å²) in [7, 11) is -3.24. The Morgan fingerprint density at radius 2 is 2.12 bits per heavy atom. The van der Waals surface area contributed by atoms with E-state index in [1.807, 2.05) is 0 Å². The van der Waals surface area contributed by atoms with E-state index < -0.39 is 9.84 Å². The molecule has 0 aliphatic heterocycles. The van der Waals surface area contributed by atoms with Gasteiger partial charge in [-0.2, -0.15) is 5.10 Å². The molecule has 84 valence electrons. The van der Waals surface area contributed by atoms with Gasteiger partial charge in [0.05, 0.1) is 12.4 Å². The highest BCUT2D eigenvalue weighted by atomic mass is 79.9. The minimum atomic E-state index is -3.24. The molecular formula is C8H7BrN4O2S. The molecule has 0 bridgehead atoms. The van der Waals surface area contributed by atoms with Gasteiger partial charge < -0.3 is 0 Å². The van der Waals surface area contributed by atoms with Crippen LogP contribution in [-0.2, 0) is 9.84 Å². The van der Waals surface area contributed by atoms with E-state index in [1.165, 1.54) is 23.4 Å². The first-order valence-electron chi connectivity index (χ1n) is 4.19. The molecule has 0 spiro atoms. The van der Waals surface area contributed by atoms with Gasteiger partial charge in [0, 0.05) is 12.3 Å². The summed E-state index contributed by atoms with van der Waals surface area (Å²) in [6.07, 6.45) is 5.18. The molecule has 0 aromatic carbocycles. The molecule has 0 saturated heterocycles. The summed E-state index contributed by atoms with van der Waals surface area (Å²) in [5.74, 6) is 0.497. The molecule has 0 atom stereocenters. The molecule has 2 heterocycles. The standard InChI is InChI=1S/C8H7BrN4O2S/c1-16(14,15)6-3-12-13(4-6)8-2-7(9)10-5-11-8/h2-5H,1H3. The maximum Gasteiger partial charge on any atom is 0.178 e. The zero-order valence-corrected chi connectivity index (χ0v) is 10.6. The van der Waals surface area contributed by atoms with E-state index in [2.05, 4.69) is 31.0 Å². The summed E-state index contributed by atoms with van der Waals surface area (Å²) in [6.45, 7) is 0. The highest BCUT2D eigenvalue weighted by Gasteiger charge is 2.11. The lowest BCUT2D eigenvalue weighted by molar-refractivity contribution is 0.602. The van der Waals surface area contributed by atoms with Gasteiger partial charge in [0.2, 0.25) is 0 Å². The summed E-state index contributed by atoms with van der Waals surface area (Å²) >= 11 is 3.20. The van der Waals surface area contributed by atoms with Crippen LogP contribution in [0.1, 0.15) is 0 Å². The van der Waals surface area contributed by atoms with Crippen LogP contribution in [0.3, 0.4) is 0 Å². The third kappa shape index (κ3) is 2.27. The molecule has 0 amide bonds. The van der Waals surface area contributed by atoms with Crippen molar-refractivity contribution in [3.8, 4) is 5.82 Å². The molecule has 0 aliphatic carbocycles. The number of nitrogens with zero attached hydrogens (tertiary/aromatic N) is 4. The van der Waals surface area contributed by atoms with Crippen molar-refractivity contribution in [1.29, 1.82) is 0 Å². The lowest BCUT2D eigenvalue weighted by Gasteiger charge is -1.98. The predicted octanol–water partition coefficient (Wildman–Crippen LogP) is 0.828. The maximum absolute atomic E-state index is 11.2. The minimum Gasteiger partial charge on any atom is -0.229 e. The van der Waals surface area contributed by atoms with Crippen LogP contribution in [0, 0.1) is 0 Å². The van der Waals surface area contributed by atoms with Gasteiger partial charge in [0.15, 0.2) is 15.7 Å². The zero-order valence-electron chi connectivity index (χ0n) is 8.20. The molecule has 8 heteroatoms. The van der Waals surface area contributed by atoms with Crippen molar-refractivity contribution in [2.45, 2.75) is 4.90 Å². The molecular weight excluding hydrogens is 296 g/mol. The Labute approximate surface area is 100 Å². The third-order valence-electron chi connectivity index (χ3n) is 1.84. The fourth-order valence-corrected chi connectivity index (χ4v) is 1.90. The molecule has 2 aromatic rings. The van der Waals surface area contributed by atoms with Crippen LogP contribution < -0.4 is 0 Å². The van der Waals surface area contributed by atoms with Gasteiger partial charge in [-0.05, 0) is 15.9 Å². The van der Waals surface area contributed by atoms with E-state index in [0.717, 1.165) is 6.26 Å². The van der Waals surface area contributed by atoms with Gasteiger partial charge in [0.1, 0.15) is 15.8 Å². The average Bonchev–Trinajstić information content (AvgIpc) is 2.65. The van der Waals surface area contributed by atoms with Crippen molar-refractivity contribution in [2.24, 2.45) is 0 Å². The number of aromatic nitrogens is 4. The van der Waals surface area contributed by atoms with Crippen LogP contribution in [0.25, 0.3) is 5.82 Å². The second kappa shape index (κ2) is 3.95. The Hall–Kier alpha value is -1.28. The molecule has 0 fully saturated rings. The zero-order chi connectivity index (χ0) is 11.8. The van der Waals surface area contributed by atoms with Crippen molar-refractivity contribution in [2.75, 3.05) is 6.26 Å². The Kier molecular flexibility index (Phi) is 2.76. The van der Waals surface area contributed by atoms with Crippen molar-refractivity contribution in [1.82, 2.24) is 19.7 Å². The molecule has 0 unspecified atom stereocenters.